The van der Waals surface area contributed by atoms with Crippen LogP contribution in [0.25, 0.3) is 0 Å². The van der Waals surface area contributed by atoms with E-state index in [0.717, 1.165) is 30.2 Å². The fourth-order valence-electron chi connectivity index (χ4n) is 7.59. The maximum absolute atomic E-state index is 10.7. The molecule has 2 unspecified atom stereocenters. The molecule has 0 spiro atoms. The van der Waals surface area contributed by atoms with E-state index in [4.69, 9.17) is 0 Å². The zero-order valence-electron chi connectivity index (χ0n) is 22.5. The Morgan fingerprint density at radius 3 is 2.11 bits per heavy atom. The number of allylic oxidation sites excluding steroid dienone is 5. The summed E-state index contributed by atoms with van der Waals surface area (Å²) in [5.41, 5.74) is 0. The van der Waals surface area contributed by atoms with Crippen molar-refractivity contribution in [2.24, 2.45) is 23.7 Å². The molecule has 5 aliphatic heterocycles. The lowest BCUT2D eigenvalue weighted by molar-refractivity contribution is 0.00987. The Hall–Kier alpha value is -0.900. The summed E-state index contributed by atoms with van der Waals surface area (Å²) in [4.78, 5) is 5.46. The highest BCUT2D eigenvalue weighted by Gasteiger charge is 2.38. The molecule has 198 valence electrons. The van der Waals surface area contributed by atoms with Gasteiger partial charge in [0.2, 0.25) is 0 Å². The van der Waals surface area contributed by atoms with Gasteiger partial charge in [-0.15, -0.1) is 0 Å². The number of piperidine rings is 2. The van der Waals surface area contributed by atoms with Crippen LogP contribution in [0.15, 0.2) is 36.5 Å². The van der Waals surface area contributed by atoms with E-state index in [1.54, 1.807) is 0 Å². The van der Waals surface area contributed by atoms with Crippen molar-refractivity contribution in [3.8, 4) is 0 Å². The molecule has 7 atom stereocenters. The lowest BCUT2D eigenvalue weighted by Crippen LogP contribution is -2.50. The largest absolute Gasteiger partial charge is 0.388 e. The highest BCUT2D eigenvalue weighted by molar-refractivity contribution is 5.12. The third-order valence-corrected chi connectivity index (χ3v) is 9.42. The molecule has 3 heteroatoms. The summed E-state index contributed by atoms with van der Waals surface area (Å²) in [6, 6.07) is 0. The molecular weight excluding hydrogens is 428 g/mol. The maximum atomic E-state index is 10.7. The third kappa shape index (κ3) is 9.48. The van der Waals surface area contributed by atoms with E-state index in [1.807, 2.05) is 12.2 Å². The number of rotatable bonds is 0. The van der Waals surface area contributed by atoms with Crippen molar-refractivity contribution in [1.29, 1.82) is 0 Å². The first-order chi connectivity index (χ1) is 17.3. The topological polar surface area (TPSA) is 26.7 Å². The molecule has 6 bridgehead atoms. The Balaban J connectivity index is 1.50. The highest BCUT2D eigenvalue weighted by Crippen LogP contribution is 2.40. The summed E-state index contributed by atoms with van der Waals surface area (Å²) in [6.45, 7) is 7.15. The summed E-state index contributed by atoms with van der Waals surface area (Å²) in [7, 11) is 0. The van der Waals surface area contributed by atoms with Crippen molar-refractivity contribution in [1.82, 2.24) is 9.80 Å². The van der Waals surface area contributed by atoms with Crippen LogP contribution in [0.3, 0.4) is 0 Å². The minimum absolute atomic E-state index is 0.361. The lowest BCUT2D eigenvalue weighted by atomic mass is 9.69. The SMILES string of the molecule is O[C@@H]1\C=C/C=C\C=C/CC[C@H]2CN3CCCCCCCCCCCC[C@H]4C[C@@H](CN(C4)C1)[C@H]2CC3. The molecular formula is C32H54N2O. The summed E-state index contributed by atoms with van der Waals surface area (Å²) in [5.74, 6) is 3.33. The molecule has 3 nitrogen and oxygen atoms in total. The van der Waals surface area contributed by atoms with E-state index in [2.05, 4.69) is 34.1 Å². The van der Waals surface area contributed by atoms with Gasteiger partial charge in [-0.25, -0.2) is 0 Å². The van der Waals surface area contributed by atoms with E-state index in [0.29, 0.717) is 0 Å². The standard InChI is InChI=1S/C32H54N2O/c35-31-19-15-11-7-6-10-14-18-29-25-33-21-16-12-8-4-2-1-3-5-9-13-17-28-23-30(32(29)20-22-33)26-34(24-28)27-31/h6-7,10-11,15,19,28-32,35H,1-5,8-9,12-14,16-18,20-27H2/b10-6-,11-7-,19-15-/t28-,29-,30-,31+,32-/m0/s1. The number of nitrogens with zero attached hydrogens (tertiary/aromatic N) is 2. The van der Waals surface area contributed by atoms with Gasteiger partial charge in [-0.3, -0.25) is 4.90 Å². The van der Waals surface area contributed by atoms with Crippen LogP contribution < -0.4 is 0 Å². The summed E-state index contributed by atoms with van der Waals surface area (Å²) >= 11 is 0. The van der Waals surface area contributed by atoms with E-state index < -0.39 is 0 Å². The molecule has 35 heavy (non-hydrogen) atoms. The molecule has 0 amide bonds. The zero-order chi connectivity index (χ0) is 24.1. The van der Waals surface area contributed by atoms with Crippen LogP contribution in [0.1, 0.15) is 96.3 Å². The molecule has 4 fully saturated rings. The number of aliphatic hydroxyl groups excluding tert-OH is 1. The van der Waals surface area contributed by atoms with Gasteiger partial charge in [0.1, 0.15) is 0 Å². The van der Waals surface area contributed by atoms with E-state index in [9.17, 15) is 5.11 Å². The Kier molecular flexibility index (Phi) is 11.9. The minimum Gasteiger partial charge on any atom is -0.388 e. The molecule has 1 N–H and O–H groups in total. The first kappa shape index (κ1) is 27.1. The van der Waals surface area contributed by atoms with Crippen LogP contribution in [0.5, 0.6) is 0 Å². The van der Waals surface area contributed by atoms with Crippen LogP contribution >= 0.6 is 0 Å². The van der Waals surface area contributed by atoms with E-state index >= 15 is 0 Å². The third-order valence-electron chi connectivity index (χ3n) is 9.42. The molecule has 5 heterocycles. The van der Waals surface area contributed by atoms with Gasteiger partial charge in [-0.2, -0.15) is 0 Å². The minimum atomic E-state index is -0.361. The van der Waals surface area contributed by atoms with Crippen molar-refractivity contribution in [2.75, 3.05) is 39.3 Å². The summed E-state index contributed by atoms with van der Waals surface area (Å²) < 4.78 is 0. The Labute approximate surface area is 216 Å². The summed E-state index contributed by atoms with van der Waals surface area (Å²) in [5, 5.41) is 10.7. The number of fused-ring (bicyclic) bond motifs is 13. The summed E-state index contributed by atoms with van der Waals surface area (Å²) in [6.07, 6.45) is 33.5. The van der Waals surface area contributed by atoms with Crippen LogP contribution in [0.4, 0.5) is 0 Å². The average Bonchev–Trinajstić information content (AvgIpc) is 2.85. The van der Waals surface area contributed by atoms with E-state index in [1.165, 1.54) is 129 Å². The van der Waals surface area contributed by atoms with Crippen LogP contribution in [0, 0.1) is 23.7 Å². The van der Waals surface area contributed by atoms with Crippen molar-refractivity contribution in [3.63, 3.8) is 0 Å². The average molecular weight is 483 g/mol. The van der Waals surface area contributed by atoms with Gasteiger partial charge < -0.3 is 10.0 Å². The van der Waals surface area contributed by atoms with Crippen molar-refractivity contribution >= 4 is 0 Å². The van der Waals surface area contributed by atoms with Gasteiger partial charge in [0.25, 0.3) is 0 Å². The predicted molar refractivity (Wildman–Crippen MR) is 150 cm³/mol. The second-order valence-corrected chi connectivity index (χ2v) is 12.3. The first-order valence-electron chi connectivity index (χ1n) is 15.4. The first-order valence-corrected chi connectivity index (χ1v) is 15.4. The Morgan fingerprint density at radius 2 is 1.29 bits per heavy atom. The molecule has 0 aromatic heterocycles. The smallest absolute Gasteiger partial charge is 0.0850 e. The Bertz CT molecular complexity index is 670. The lowest BCUT2D eigenvalue weighted by Gasteiger charge is -2.47. The van der Waals surface area contributed by atoms with Gasteiger partial charge in [0, 0.05) is 26.2 Å². The zero-order valence-corrected chi connectivity index (χ0v) is 22.5. The Morgan fingerprint density at radius 1 is 0.571 bits per heavy atom. The van der Waals surface area contributed by atoms with Gasteiger partial charge in [-0.1, -0.05) is 94.2 Å². The predicted octanol–water partition coefficient (Wildman–Crippen LogP) is 6.99. The maximum Gasteiger partial charge on any atom is 0.0850 e. The van der Waals surface area contributed by atoms with Gasteiger partial charge in [-0.05, 0) is 75.3 Å². The van der Waals surface area contributed by atoms with Gasteiger partial charge >= 0.3 is 0 Å². The van der Waals surface area contributed by atoms with E-state index in [-0.39, 0.29) is 6.10 Å². The van der Waals surface area contributed by atoms with Gasteiger partial charge in [0.15, 0.2) is 0 Å². The molecule has 0 radical (unpaired) electrons. The van der Waals surface area contributed by atoms with Crippen LogP contribution in [-0.4, -0.2) is 60.3 Å². The second-order valence-electron chi connectivity index (χ2n) is 12.3. The molecule has 0 aliphatic carbocycles. The van der Waals surface area contributed by atoms with Gasteiger partial charge in [0.05, 0.1) is 6.10 Å². The number of aliphatic hydroxyl groups is 1. The molecule has 4 saturated heterocycles. The quantitative estimate of drug-likeness (QED) is 0.403. The van der Waals surface area contributed by atoms with Crippen LogP contribution in [0.2, 0.25) is 0 Å². The normalized spacial score (nSPS) is 41.6. The van der Waals surface area contributed by atoms with Crippen molar-refractivity contribution in [2.45, 2.75) is 102 Å². The molecule has 5 rings (SSSR count). The number of hydrogen-bond donors (Lipinski definition) is 1. The number of hydrogen-bond acceptors (Lipinski definition) is 3. The fraction of sp³-hybridized carbons (Fsp3) is 0.812. The van der Waals surface area contributed by atoms with Crippen LogP contribution in [-0.2, 0) is 0 Å². The monoisotopic (exact) mass is 482 g/mol. The molecule has 5 aliphatic rings. The highest BCUT2D eigenvalue weighted by atomic mass is 16.3. The molecule has 0 aromatic rings. The van der Waals surface area contributed by atoms with Crippen molar-refractivity contribution in [3.05, 3.63) is 36.5 Å². The molecule has 0 saturated carbocycles. The second kappa shape index (κ2) is 15.4. The fourth-order valence-corrected chi connectivity index (χ4v) is 7.59. The molecule has 0 aromatic carbocycles. The van der Waals surface area contributed by atoms with Crippen molar-refractivity contribution < 1.29 is 5.11 Å².